The summed E-state index contributed by atoms with van der Waals surface area (Å²) in [6.07, 6.45) is -0.943. The van der Waals surface area contributed by atoms with E-state index in [0.717, 1.165) is 0 Å². The average molecular weight is 356 g/mol. The number of ether oxygens (including phenoxy) is 3. The van der Waals surface area contributed by atoms with E-state index < -0.39 is 23.0 Å². The van der Waals surface area contributed by atoms with Crippen LogP contribution in [-0.4, -0.2) is 37.1 Å². The van der Waals surface area contributed by atoms with Gasteiger partial charge in [0.2, 0.25) is 5.90 Å². The van der Waals surface area contributed by atoms with Gasteiger partial charge in [0, 0.05) is 11.6 Å². The van der Waals surface area contributed by atoms with Crippen molar-refractivity contribution in [1.82, 2.24) is 0 Å². The number of esters is 1. The van der Waals surface area contributed by atoms with Gasteiger partial charge in [-0.2, -0.15) is 0 Å². The van der Waals surface area contributed by atoms with Crippen LogP contribution in [0.2, 0.25) is 0 Å². The van der Waals surface area contributed by atoms with Crippen LogP contribution in [-0.2, 0) is 14.3 Å². The number of aliphatic imine (C=N–C) groups is 1. The molecule has 0 amide bonds. The first kappa shape index (κ1) is 17.4. The lowest BCUT2D eigenvalue weighted by Crippen LogP contribution is -2.25. The van der Waals surface area contributed by atoms with Crippen molar-refractivity contribution in [1.29, 1.82) is 0 Å². The first-order valence-electron chi connectivity index (χ1n) is 7.75. The molecule has 0 aromatic heterocycles. The molecule has 0 saturated carbocycles. The van der Waals surface area contributed by atoms with Crippen molar-refractivity contribution in [3.63, 3.8) is 0 Å². The molecule has 0 aliphatic carbocycles. The van der Waals surface area contributed by atoms with Gasteiger partial charge in [0.1, 0.15) is 5.75 Å². The van der Waals surface area contributed by atoms with Crippen LogP contribution in [0.1, 0.15) is 17.2 Å². The number of nitro groups is 1. The monoisotopic (exact) mass is 356 g/mol. The zero-order valence-corrected chi connectivity index (χ0v) is 14.1. The van der Waals surface area contributed by atoms with E-state index in [1.807, 2.05) is 0 Å². The van der Waals surface area contributed by atoms with Crippen LogP contribution in [0.4, 0.5) is 5.69 Å². The predicted octanol–water partition coefficient (Wildman–Crippen LogP) is 2.66. The Kier molecular flexibility index (Phi) is 4.83. The van der Waals surface area contributed by atoms with E-state index in [9.17, 15) is 14.9 Å². The standard InChI is InChI=1S/C18H16N2O6/c1-24-12-9-7-11(8-10-12)17-19-15(18(21)25-2)16(26-17)13-5-3-4-6-14(13)20(22)23/h3-10,15-16H,1-2H3/t15-,16-/m1/s1. The largest absolute Gasteiger partial charge is 0.497 e. The first-order valence-corrected chi connectivity index (χ1v) is 7.75. The van der Waals surface area contributed by atoms with Crippen LogP contribution < -0.4 is 4.74 Å². The van der Waals surface area contributed by atoms with Crippen molar-refractivity contribution in [3.05, 3.63) is 69.8 Å². The second-order valence-corrected chi connectivity index (χ2v) is 5.49. The Balaban J connectivity index is 1.99. The molecule has 0 radical (unpaired) electrons. The van der Waals surface area contributed by atoms with Gasteiger partial charge >= 0.3 is 5.97 Å². The quantitative estimate of drug-likeness (QED) is 0.464. The number of nitrogens with zero attached hydrogens (tertiary/aromatic N) is 2. The molecule has 3 rings (SSSR count). The fourth-order valence-corrected chi connectivity index (χ4v) is 2.71. The van der Waals surface area contributed by atoms with Crippen LogP contribution in [0.3, 0.4) is 0 Å². The maximum Gasteiger partial charge on any atom is 0.335 e. The Hall–Kier alpha value is -3.42. The molecule has 2 aromatic rings. The Labute approximate surface area is 149 Å². The molecule has 0 unspecified atom stereocenters. The van der Waals surface area contributed by atoms with Gasteiger partial charge < -0.3 is 14.2 Å². The maximum atomic E-state index is 12.2. The normalized spacial score (nSPS) is 18.6. The first-order chi connectivity index (χ1) is 12.5. The number of benzene rings is 2. The molecule has 0 saturated heterocycles. The lowest BCUT2D eigenvalue weighted by Gasteiger charge is -2.16. The van der Waals surface area contributed by atoms with Crippen LogP contribution in [0.15, 0.2) is 53.5 Å². The highest BCUT2D eigenvalue weighted by Gasteiger charge is 2.41. The second kappa shape index (κ2) is 7.22. The van der Waals surface area contributed by atoms with Gasteiger partial charge in [-0.1, -0.05) is 12.1 Å². The number of carbonyl (C=O) groups is 1. The predicted molar refractivity (Wildman–Crippen MR) is 92.3 cm³/mol. The van der Waals surface area contributed by atoms with Crippen molar-refractivity contribution >= 4 is 17.6 Å². The molecule has 8 nitrogen and oxygen atoms in total. The minimum atomic E-state index is -1.03. The van der Waals surface area contributed by atoms with Crippen molar-refractivity contribution < 1.29 is 23.9 Å². The summed E-state index contributed by atoms with van der Waals surface area (Å²) < 4.78 is 15.7. The summed E-state index contributed by atoms with van der Waals surface area (Å²) in [6, 6.07) is 12.0. The van der Waals surface area contributed by atoms with Gasteiger partial charge in [0.05, 0.1) is 24.7 Å². The SMILES string of the molecule is COC(=O)[C@@H]1N=C(c2ccc(OC)cc2)O[C@@H]1c1ccccc1[N+](=O)[O-]. The summed E-state index contributed by atoms with van der Waals surface area (Å²) >= 11 is 0. The van der Waals surface area contributed by atoms with Crippen LogP contribution in [0.25, 0.3) is 0 Å². The van der Waals surface area contributed by atoms with E-state index in [-0.39, 0.29) is 17.1 Å². The molecule has 0 fully saturated rings. The minimum Gasteiger partial charge on any atom is -0.497 e. The highest BCUT2D eigenvalue weighted by Crippen LogP contribution is 2.36. The number of hydrogen-bond acceptors (Lipinski definition) is 7. The van der Waals surface area contributed by atoms with Crippen LogP contribution in [0, 0.1) is 10.1 Å². The smallest absolute Gasteiger partial charge is 0.335 e. The van der Waals surface area contributed by atoms with E-state index >= 15 is 0 Å². The summed E-state index contributed by atoms with van der Waals surface area (Å²) in [4.78, 5) is 27.3. The molecule has 2 atom stereocenters. The topological polar surface area (TPSA) is 100 Å². The number of hydrogen-bond donors (Lipinski definition) is 0. The van der Waals surface area contributed by atoms with Crippen molar-refractivity contribution in [2.75, 3.05) is 14.2 Å². The summed E-state index contributed by atoms with van der Waals surface area (Å²) in [7, 11) is 2.79. The van der Waals surface area contributed by atoms with E-state index in [2.05, 4.69) is 4.99 Å². The molecule has 0 bridgehead atoms. The minimum absolute atomic E-state index is 0.141. The summed E-state index contributed by atoms with van der Waals surface area (Å²) in [5.41, 5.74) is 0.749. The maximum absolute atomic E-state index is 12.2. The molecule has 1 aliphatic heterocycles. The second-order valence-electron chi connectivity index (χ2n) is 5.49. The summed E-state index contributed by atoms with van der Waals surface area (Å²) in [5, 5.41) is 11.3. The number of rotatable bonds is 5. The molecule has 8 heteroatoms. The number of nitro benzene ring substituents is 1. The van der Waals surface area contributed by atoms with Crippen LogP contribution in [0.5, 0.6) is 5.75 Å². The molecular formula is C18H16N2O6. The van der Waals surface area contributed by atoms with E-state index in [0.29, 0.717) is 11.3 Å². The molecule has 1 heterocycles. The fraction of sp³-hybridized carbons (Fsp3) is 0.222. The number of methoxy groups -OCH3 is 2. The third-order valence-electron chi connectivity index (χ3n) is 4.00. The summed E-state index contributed by atoms with van der Waals surface area (Å²) in [5.74, 6) is 0.245. The van der Waals surface area contributed by atoms with E-state index in [4.69, 9.17) is 14.2 Å². The molecule has 2 aromatic carbocycles. The van der Waals surface area contributed by atoms with Gasteiger partial charge in [-0.25, -0.2) is 9.79 Å². The van der Waals surface area contributed by atoms with Gasteiger partial charge in [0.15, 0.2) is 12.1 Å². The highest BCUT2D eigenvalue weighted by molar-refractivity contribution is 5.98. The lowest BCUT2D eigenvalue weighted by molar-refractivity contribution is -0.386. The zero-order chi connectivity index (χ0) is 18.7. The van der Waals surface area contributed by atoms with Gasteiger partial charge in [-0.05, 0) is 30.3 Å². The van der Waals surface area contributed by atoms with Gasteiger partial charge in [-0.3, -0.25) is 10.1 Å². The molecule has 0 N–H and O–H groups in total. The van der Waals surface area contributed by atoms with Crippen molar-refractivity contribution in [3.8, 4) is 5.75 Å². The molecular weight excluding hydrogens is 340 g/mol. The third-order valence-corrected chi connectivity index (χ3v) is 4.00. The highest BCUT2D eigenvalue weighted by atomic mass is 16.6. The van der Waals surface area contributed by atoms with Gasteiger partial charge in [0.25, 0.3) is 5.69 Å². The Bertz CT molecular complexity index is 862. The zero-order valence-electron chi connectivity index (χ0n) is 14.1. The third kappa shape index (κ3) is 3.21. The number of carbonyl (C=O) groups excluding carboxylic acids is 1. The van der Waals surface area contributed by atoms with Crippen molar-refractivity contribution in [2.24, 2.45) is 4.99 Å². The molecule has 134 valence electrons. The van der Waals surface area contributed by atoms with Crippen LogP contribution >= 0.6 is 0 Å². The number of para-hydroxylation sites is 1. The van der Waals surface area contributed by atoms with Crippen molar-refractivity contribution in [2.45, 2.75) is 12.1 Å². The summed E-state index contributed by atoms with van der Waals surface area (Å²) in [6.45, 7) is 0. The molecule has 0 spiro atoms. The Morgan fingerprint density at radius 2 is 1.85 bits per heavy atom. The molecule has 26 heavy (non-hydrogen) atoms. The lowest BCUT2D eigenvalue weighted by atomic mass is 10.0. The fourth-order valence-electron chi connectivity index (χ4n) is 2.71. The van der Waals surface area contributed by atoms with Gasteiger partial charge in [-0.15, -0.1) is 0 Å². The van der Waals surface area contributed by atoms with E-state index in [1.54, 1.807) is 49.6 Å². The van der Waals surface area contributed by atoms with E-state index in [1.165, 1.54) is 13.2 Å². The Morgan fingerprint density at radius 3 is 2.46 bits per heavy atom. The average Bonchev–Trinajstić information content (AvgIpc) is 3.12. The Morgan fingerprint density at radius 1 is 1.15 bits per heavy atom. The molecule has 1 aliphatic rings.